The molecule has 0 amide bonds. The lowest BCUT2D eigenvalue weighted by Gasteiger charge is -1.70. The van der Waals surface area contributed by atoms with Crippen molar-refractivity contribution in [1.29, 1.82) is 0 Å². The summed E-state index contributed by atoms with van der Waals surface area (Å²) in [6.07, 6.45) is 5.23. The van der Waals surface area contributed by atoms with Crippen LogP contribution in [0.25, 0.3) is 0 Å². The molecule has 1 nitrogen and oxygen atoms in total. The van der Waals surface area contributed by atoms with Crippen LogP contribution in [0.15, 0.2) is 11.8 Å². The van der Waals surface area contributed by atoms with Gasteiger partial charge in [-0.1, -0.05) is 6.08 Å². The van der Waals surface area contributed by atoms with E-state index in [2.05, 4.69) is 11.4 Å². The molecule has 1 saturated heterocycles. The van der Waals surface area contributed by atoms with Crippen LogP contribution in [0.2, 0.25) is 0 Å². The van der Waals surface area contributed by atoms with E-state index in [-0.39, 0.29) is 0 Å². The van der Waals surface area contributed by atoms with Crippen LogP contribution < -0.4 is 5.32 Å². The second-order valence-corrected chi connectivity index (χ2v) is 2.38. The minimum atomic E-state index is 0.963. The van der Waals surface area contributed by atoms with Crippen molar-refractivity contribution in [1.82, 2.24) is 5.32 Å². The van der Waals surface area contributed by atoms with Crippen molar-refractivity contribution in [3.8, 4) is 0 Å². The van der Waals surface area contributed by atoms with Crippen LogP contribution in [-0.4, -0.2) is 6.54 Å². The highest BCUT2D eigenvalue weighted by Crippen LogP contribution is 2.31. The fourth-order valence-corrected chi connectivity index (χ4v) is 0.716. The SMILES string of the molecule is C(=C1/CN1)/C1CC1. The predicted octanol–water partition coefficient (Wildman–Crippen LogP) is 0.883. The minimum absolute atomic E-state index is 0.963. The topological polar surface area (TPSA) is 21.9 Å². The van der Waals surface area contributed by atoms with Gasteiger partial charge < -0.3 is 5.32 Å². The zero-order valence-electron chi connectivity index (χ0n) is 4.28. The maximum Gasteiger partial charge on any atom is 0.0542 e. The average Bonchev–Trinajstić information content (AvgIpc) is 2.33. The van der Waals surface area contributed by atoms with E-state index in [0.717, 1.165) is 12.5 Å². The molecule has 2 fully saturated rings. The van der Waals surface area contributed by atoms with Gasteiger partial charge in [0, 0.05) is 5.70 Å². The van der Waals surface area contributed by atoms with Gasteiger partial charge in [0.05, 0.1) is 6.54 Å². The second-order valence-electron chi connectivity index (χ2n) is 2.38. The van der Waals surface area contributed by atoms with Crippen molar-refractivity contribution in [3.05, 3.63) is 11.8 Å². The maximum absolute atomic E-state index is 3.17. The van der Waals surface area contributed by atoms with Gasteiger partial charge in [0.2, 0.25) is 0 Å². The molecule has 0 bridgehead atoms. The van der Waals surface area contributed by atoms with E-state index in [4.69, 9.17) is 0 Å². The van der Waals surface area contributed by atoms with E-state index in [9.17, 15) is 0 Å². The Morgan fingerprint density at radius 2 is 2.29 bits per heavy atom. The number of nitrogens with one attached hydrogen (secondary N) is 1. The first-order chi connectivity index (χ1) is 3.45. The maximum atomic E-state index is 3.17. The van der Waals surface area contributed by atoms with Gasteiger partial charge in [-0.05, 0) is 18.8 Å². The van der Waals surface area contributed by atoms with Gasteiger partial charge in [-0.3, -0.25) is 0 Å². The quantitative estimate of drug-likeness (QED) is 0.480. The molecule has 0 aromatic rings. The molecule has 0 radical (unpaired) electrons. The fraction of sp³-hybridized carbons (Fsp3) is 0.667. The monoisotopic (exact) mass is 95.1 g/mol. The number of hydrogen-bond donors (Lipinski definition) is 1. The zero-order chi connectivity index (χ0) is 4.69. The molecule has 1 aliphatic heterocycles. The zero-order valence-corrected chi connectivity index (χ0v) is 4.28. The van der Waals surface area contributed by atoms with E-state index in [1.54, 1.807) is 0 Å². The molecular formula is C6H9N. The van der Waals surface area contributed by atoms with Crippen molar-refractivity contribution in [3.63, 3.8) is 0 Å². The van der Waals surface area contributed by atoms with Crippen LogP contribution in [0.3, 0.4) is 0 Å². The highest BCUT2D eigenvalue weighted by molar-refractivity contribution is 5.18. The van der Waals surface area contributed by atoms with Gasteiger partial charge in [0.25, 0.3) is 0 Å². The lowest BCUT2D eigenvalue weighted by atomic mass is 10.4. The molecule has 2 rings (SSSR count). The van der Waals surface area contributed by atoms with Crippen molar-refractivity contribution < 1.29 is 0 Å². The Morgan fingerprint density at radius 3 is 2.71 bits per heavy atom. The molecule has 0 spiro atoms. The lowest BCUT2D eigenvalue weighted by Crippen LogP contribution is -1.64. The Balaban J connectivity index is 1.97. The highest BCUT2D eigenvalue weighted by Gasteiger charge is 2.21. The van der Waals surface area contributed by atoms with E-state index in [1.807, 2.05) is 0 Å². The van der Waals surface area contributed by atoms with Gasteiger partial charge in [0.15, 0.2) is 0 Å². The smallest absolute Gasteiger partial charge is 0.0542 e. The third-order valence-corrected chi connectivity index (χ3v) is 1.44. The molecule has 0 unspecified atom stereocenters. The molecule has 0 aromatic carbocycles. The van der Waals surface area contributed by atoms with Crippen LogP contribution in [0.5, 0.6) is 0 Å². The van der Waals surface area contributed by atoms with Crippen molar-refractivity contribution in [2.45, 2.75) is 12.8 Å². The molecule has 1 saturated carbocycles. The van der Waals surface area contributed by atoms with E-state index in [1.165, 1.54) is 18.5 Å². The first-order valence-electron chi connectivity index (χ1n) is 2.90. The van der Waals surface area contributed by atoms with Gasteiger partial charge in [-0.2, -0.15) is 0 Å². The minimum Gasteiger partial charge on any atom is -0.382 e. The van der Waals surface area contributed by atoms with Crippen LogP contribution in [0.4, 0.5) is 0 Å². The molecule has 0 aromatic heterocycles. The third-order valence-electron chi connectivity index (χ3n) is 1.44. The number of rotatable bonds is 1. The first-order valence-corrected chi connectivity index (χ1v) is 2.90. The Bertz CT molecular complexity index is 105. The Kier molecular flexibility index (Phi) is 0.518. The van der Waals surface area contributed by atoms with Gasteiger partial charge in [-0.15, -0.1) is 0 Å². The summed E-state index contributed by atoms with van der Waals surface area (Å²) in [5.74, 6) is 0.963. The molecule has 1 aliphatic carbocycles. The second kappa shape index (κ2) is 1.03. The summed E-state index contributed by atoms with van der Waals surface area (Å²) < 4.78 is 0. The lowest BCUT2D eigenvalue weighted by molar-refractivity contribution is 1.11. The molecule has 1 heteroatoms. The van der Waals surface area contributed by atoms with Gasteiger partial charge in [0.1, 0.15) is 0 Å². The van der Waals surface area contributed by atoms with E-state index in [0.29, 0.717) is 0 Å². The van der Waals surface area contributed by atoms with Crippen LogP contribution in [-0.2, 0) is 0 Å². The summed E-state index contributed by atoms with van der Waals surface area (Å²) in [6, 6.07) is 0. The summed E-state index contributed by atoms with van der Waals surface area (Å²) in [4.78, 5) is 0. The normalized spacial score (nSPS) is 32.9. The first kappa shape index (κ1) is 3.53. The summed E-state index contributed by atoms with van der Waals surface area (Å²) >= 11 is 0. The summed E-state index contributed by atoms with van der Waals surface area (Å²) in [5, 5.41) is 3.17. The summed E-state index contributed by atoms with van der Waals surface area (Å²) in [7, 11) is 0. The highest BCUT2D eigenvalue weighted by atomic mass is 15.0. The molecule has 38 valence electrons. The third kappa shape index (κ3) is 0.763. The van der Waals surface area contributed by atoms with Crippen LogP contribution in [0.1, 0.15) is 12.8 Å². The average molecular weight is 95.1 g/mol. The molecular weight excluding hydrogens is 86.1 g/mol. The molecule has 2 aliphatic rings. The Hall–Kier alpha value is -0.460. The van der Waals surface area contributed by atoms with E-state index >= 15 is 0 Å². The Labute approximate surface area is 43.4 Å². The van der Waals surface area contributed by atoms with Crippen LogP contribution in [0, 0.1) is 5.92 Å². The number of allylic oxidation sites excluding steroid dienone is 1. The van der Waals surface area contributed by atoms with Crippen molar-refractivity contribution >= 4 is 0 Å². The van der Waals surface area contributed by atoms with Gasteiger partial charge >= 0.3 is 0 Å². The molecule has 1 N–H and O–H groups in total. The Morgan fingerprint density at radius 1 is 1.57 bits per heavy atom. The largest absolute Gasteiger partial charge is 0.382 e. The number of hydrogen-bond acceptors (Lipinski definition) is 1. The molecule has 1 heterocycles. The van der Waals surface area contributed by atoms with Crippen molar-refractivity contribution in [2.24, 2.45) is 5.92 Å². The molecule has 7 heavy (non-hydrogen) atoms. The van der Waals surface area contributed by atoms with Gasteiger partial charge in [-0.25, -0.2) is 0 Å². The summed E-state index contributed by atoms with van der Waals surface area (Å²) in [5.41, 5.74) is 1.47. The predicted molar refractivity (Wildman–Crippen MR) is 28.8 cm³/mol. The summed E-state index contributed by atoms with van der Waals surface area (Å²) in [6.45, 7) is 1.16. The van der Waals surface area contributed by atoms with Crippen molar-refractivity contribution in [2.75, 3.05) is 6.54 Å². The standard InChI is InChI=1S/C6H9N/c1-2-5(1)3-6-4-7-6/h3,5,7H,1-2,4H2/b6-3+. The van der Waals surface area contributed by atoms with E-state index < -0.39 is 0 Å². The molecule has 0 atom stereocenters. The van der Waals surface area contributed by atoms with Crippen LogP contribution >= 0.6 is 0 Å². The fourth-order valence-electron chi connectivity index (χ4n) is 0.716.